The first-order valence-electron chi connectivity index (χ1n) is 7.11. The summed E-state index contributed by atoms with van der Waals surface area (Å²) in [6.45, 7) is 10.5. The number of benzene rings is 1. The van der Waals surface area contributed by atoms with Crippen LogP contribution in [-0.4, -0.2) is 30.8 Å². The van der Waals surface area contributed by atoms with Crippen LogP contribution in [0.2, 0.25) is 0 Å². The quantitative estimate of drug-likeness (QED) is 0.797. The maximum Gasteiger partial charge on any atom is 0.0658 e. The van der Waals surface area contributed by atoms with Crippen LogP contribution in [-0.2, 0) is 6.54 Å². The van der Waals surface area contributed by atoms with Gasteiger partial charge in [0.15, 0.2) is 0 Å². The van der Waals surface area contributed by atoms with Crippen molar-refractivity contribution < 1.29 is 5.11 Å². The highest BCUT2D eigenvalue weighted by Gasteiger charge is 2.24. The number of likely N-dealkylation sites (N-methyl/N-ethyl adjacent to an activating group) is 1. The Hall–Kier alpha value is -0.580. The van der Waals surface area contributed by atoms with E-state index in [9.17, 15) is 5.11 Å². The third-order valence-electron chi connectivity index (χ3n) is 3.57. The molecule has 0 saturated carbocycles. The van der Waals surface area contributed by atoms with Crippen molar-refractivity contribution >= 4 is 21.6 Å². The smallest absolute Gasteiger partial charge is 0.0658 e. The van der Waals surface area contributed by atoms with Crippen molar-refractivity contribution in [2.24, 2.45) is 5.92 Å². The van der Waals surface area contributed by atoms with Crippen LogP contribution in [0, 0.1) is 5.92 Å². The molecule has 0 aliphatic rings. The number of hydrogen-bond acceptors (Lipinski definition) is 3. The Balaban J connectivity index is 2.95. The average molecular weight is 343 g/mol. The van der Waals surface area contributed by atoms with Crippen LogP contribution in [0.4, 0.5) is 5.69 Å². The number of anilines is 1. The number of aliphatic hydroxyl groups excluding tert-OH is 1. The first-order valence-corrected chi connectivity index (χ1v) is 7.91. The first kappa shape index (κ1) is 17.5. The summed E-state index contributed by atoms with van der Waals surface area (Å²) in [6.07, 6.45) is 0. The first-order chi connectivity index (χ1) is 9.27. The van der Waals surface area contributed by atoms with Gasteiger partial charge >= 0.3 is 0 Å². The third kappa shape index (κ3) is 4.76. The Labute approximate surface area is 131 Å². The molecule has 0 radical (unpaired) electrons. The Morgan fingerprint density at radius 1 is 1.35 bits per heavy atom. The fourth-order valence-electron chi connectivity index (χ4n) is 1.93. The minimum Gasteiger partial charge on any atom is -0.394 e. The molecular formula is C16H27BrN2O. The molecule has 4 heteroatoms. The second-order valence-corrected chi connectivity index (χ2v) is 7.24. The highest BCUT2D eigenvalue weighted by Crippen LogP contribution is 2.29. The predicted molar refractivity (Wildman–Crippen MR) is 90.3 cm³/mol. The van der Waals surface area contributed by atoms with Gasteiger partial charge < -0.3 is 15.3 Å². The molecule has 1 aromatic rings. The number of halogens is 1. The van der Waals surface area contributed by atoms with Gasteiger partial charge in [-0.25, -0.2) is 0 Å². The van der Waals surface area contributed by atoms with E-state index in [1.807, 2.05) is 20.9 Å². The van der Waals surface area contributed by atoms with Crippen molar-refractivity contribution in [1.82, 2.24) is 5.32 Å². The van der Waals surface area contributed by atoms with E-state index >= 15 is 0 Å². The van der Waals surface area contributed by atoms with Crippen molar-refractivity contribution in [2.75, 3.05) is 25.1 Å². The summed E-state index contributed by atoms with van der Waals surface area (Å²) in [5.74, 6) is 0.639. The van der Waals surface area contributed by atoms with Crippen LogP contribution >= 0.6 is 15.9 Å². The van der Waals surface area contributed by atoms with Gasteiger partial charge in [-0.05, 0) is 44.0 Å². The van der Waals surface area contributed by atoms with Crippen LogP contribution < -0.4 is 10.2 Å². The molecule has 0 amide bonds. The van der Waals surface area contributed by atoms with Gasteiger partial charge in [-0.3, -0.25) is 0 Å². The lowest BCUT2D eigenvalue weighted by atomic mass is 10.0. The second kappa shape index (κ2) is 7.43. The molecule has 0 fully saturated rings. The van der Waals surface area contributed by atoms with Crippen LogP contribution in [0.25, 0.3) is 0 Å². The molecule has 0 spiro atoms. The SMILES string of the molecule is CC(C)CNCc1ccc(Br)cc1N(C)C(C)(C)CO. The van der Waals surface area contributed by atoms with E-state index in [2.05, 4.69) is 58.2 Å². The zero-order chi connectivity index (χ0) is 15.3. The van der Waals surface area contributed by atoms with E-state index in [0.717, 1.165) is 23.2 Å². The molecule has 114 valence electrons. The molecule has 0 bridgehead atoms. The van der Waals surface area contributed by atoms with E-state index in [1.165, 1.54) is 5.56 Å². The summed E-state index contributed by atoms with van der Waals surface area (Å²) in [5.41, 5.74) is 2.11. The normalized spacial score (nSPS) is 12.0. The number of rotatable bonds is 7. The standard InChI is InChI=1S/C16H27BrN2O/c1-12(2)9-18-10-13-6-7-14(17)8-15(13)19(5)16(3,4)11-20/h6-8,12,18,20H,9-11H2,1-5H3. The lowest BCUT2D eigenvalue weighted by Gasteiger charge is -2.37. The van der Waals surface area contributed by atoms with Crippen molar-refractivity contribution in [3.05, 3.63) is 28.2 Å². The van der Waals surface area contributed by atoms with E-state index in [-0.39, 0.29) is 12.1 Å². The van der Waals surface area contributed by atoms with E-state index in [4.69, 9.17) is 0 Å². The van der Waals surface area contributed by atoms with Crippen LogP contribution in [0.15, 0.2) is 22.7 Å². The molecule has 0 heterocycles. The fourth-order valence-corrected chi connectivity index (χ4v) is 2.28. The fraction of sp³-hybridized carbons (Fsp3) is 0.625. The largest absolute Gasteiger partial charge is 0.394 e. The lowest BCUT2D eigenvalue weighted by Crippen LogP contribution is -2.45. The number of nitrogens with zero attached hydrogens (tertiary/aromatic N) is 1. The zero-order valence-corrected chi connectivity index (χ0v) is 14.8. The number of aliphatic hydroxyl groups is 1. The summed E-state index contributed by atoms with van der Waals surface area (Å²) in [7, 11) is 2.03. The molecule has 1 rings (SSSR count). The zero-order valence-electron chi connectivity index (χ0n) is 13.2. The highest BCUT2D eigenvalue weighted by molar-refractivity contribution is 9.10. The summed E-state index contributed by atoms with van der Waals surface area (Å²) < 4.78 is 1.06. The van der Waals surface area contributed by atoms with Gasteiger partial charge in [-0.2, -0.15) is 0 Å². The van der Waals surface area contributed by atoms with Crippen LogP contribution in [0.5, 0.6) is 0 Å². The predicted octanol–water partition coefficient (Wildman–Crippen LogP) is 3.40. The van der Waals surface area contributed by atoms with Gasteiger partial charge in [-0.1, -0.05) is 35.8 Å². The Kier molecular flexibility index (Phi) is 6.49. The molecule has 0 aliphatic carbocycles. The average Bonchev–Trinajstić information content (AvgIpc) is 2.39. The summed E-state index contributed by atoms with van der Waals surface area (Å²) in [4.78, 5) is 2.14. The second-order valence-electron chi connectivity index (χ2n) is 6.33. The van der Waals surface area contributed by atoms with E-state index in [1.54, 1.807) is 0 Å². The summed E-state index contributed by atoms with van der Waals surface area (Å²) in [5, 5.41) is 13.0. The maximum atomic E-state index is 9.57. The summed E-state index contributed by atoms with van der Waals surface area (Å²) in [6, 6.07) is 6.32. The van der Waals surface area contributed by atoms with Crippen molar-refractivity contribution in [3.63, 3.8) is 0 Å². The molecule has 2 N–H and O–H groups in total. The molecule has 20 heavy (non-hydrogen) atoms. The molecule has 0 atom stereocenters. The highest BCUT2D eigenvalue weighted by atomic mass is 79.9. The van der Waals surface area contributed by atoms with Gasteiger partial charge in [0.25, 0.3) is 0 Å². The molecule has 0 saturated heterocycles. The topological polar surface area (TPSA) is 35.5 Å². The van der Waals surface area contributed by atoms with Gasteiger partial charge in [0, 0.05) is 23.8 Å². The molecule has 0 aromatic heterocycles. The Morgan fingerprint density at radius 2 is 2.00 bits per heavy atom. The number of hydrogen-bond donors (Lipinski definition) is 2. The maximum absolute atomic E-state index is 9.57. The lowest BCUT2D eigenvalue weighted by molar-refractivity contribution is 0.216. The molecule has 3 nitrogen and oxygen atoms in total. The van der Waals surface area contributed by atoms with Crippen LogP contribution in [0.1, 0.15) is 33.3 Å². The minimum atomic E-state index is -0.284. The monoisotopic (exact) mass is 342 g/mol. The minimum absolute atomic E-state index is 0.120. The van der Waals surface area contributed by atoms with E-state index < -0.39 is 0 Å². The summed E-state index contributed by atoms with van der Waals surface area (Å²) >= 11 is 3.54. The Bertz CT molecular complexity index is 432. The third-order valence-corrected chi connectivity index (χ3v) is 4.06. The molecule has 1 aromatic carbocycles. The Morgan fingerprint density at radius 3 is 2.55 bits per heavy atom. The van der Waals surface area contributed by atoms with Crippen molar-refractivity contribution in [3.8, 4) is 0 Å². The molecular weight excluding hydrogens is 316 g/mol. The van der Waals surface area contributed by atoms with Gasteiger partial charge in [0.2, 0.25) is 0 Å². The van der Waals surface area contributed by atoms with Crippen LogP contribution in [0.3, 0.4) is 0 Å². The number of nitrogens with one attached hydrogen (secondary N) is 1. The molecule has 0 aliphatic heterocycles. The van der Waals surface area contributed by atoms with Gasteiger partial charge in [-0.15, -0.1) is 0 Å². The van der Waals surface area contributed by atoms with Crippen molar-refractivity contribution in [1.29, 1.82) is 0 Å². The van der Waals surface area contributed by atoms with E-state index in [0.29, 0.717) is 5.92 Å². The van der Waals surface area contributed by atoms with Crippen molar-refractivity contribution in [2.45, 2.75) is 39.8 Å². The molecule has 0 unspecified atom stereocenters. The van der Waals surface area contributed by atoms with Gasteiger partial charge in [0.05, 0.1) is 12.1 Å². The van der Waals surface area contributed by atoms with Gasteiger partial charge in [0.1, 0.15) is 0 Å².